The van der Waals surface area contributed by atoms with Crippen molar-refractivity contribution in [3.8, 4) is 0 Å². The van der Waals surface area contributed by atoms with Crippen LogP contribution < -0.4 is 4.72 Å². The van der Waals surface area contributed by atoms with Crippen molar-refractivity contribution in [2.24, 2.45) is 7.05 Å². The predicted molar refractivity (Wildman–Crippen MR) is 49.4 cm³/mol. The minimum absolute atomic E-state index is 0.428. The van der Waals surface area contributed by atoms with Crippen molar-refractivity contribution in [2.45, 2.75) is 0 Å². The fraction of sp³-hybridized carbons (Fsp3) is 0.400. The summed E-state index contributed by atoms with van der Waals surface area (Å²) in [4.78, 5) is 0. The second kappa shape index (κ2) is 3.06. The Morgan fingerprint density at radius 1 is 1.67 bits per heavy atom. The molecule has 0 saturated heterocycles. The number of halogens is 1. The van der Waals surface area contributed by atoms with Crippen molar-refractivity contribution in [2.75, 3.05) is 11.0 Å². The SMILES string of the molecule is Cn1ncc(Br)c1NS(C)(=O)=O. The highest BCUT2D eigenvalue weighted by Gasteiger charge is 2.09. The van der Waals surface area contributed by atoms with Gasteiger partial charge < -0.3 is 0 Å². The second-order valence-corrected chi connectivity index (χ2v) is 4.94. The third-order valence-electron chi connectivity index (χ3n) is 1.18. The van der Waals surface area contributed by atoms with E-state index in [1.54, 1.807) is 7.05 Å². The predicted octanol–water partition coefficient (Wildman–Crippen LogP) is 0.554. The maximum absolute atomic E-state index is 10.8. The van der Waals surface area contributed by atoms with Crippen molar-refractivity contribution in [3.63, 3.8) is 0 Å². The highest BCUT2D eigenvalue weighted by atomic mass is 79.9. The fourth-order valence-corrected chi connectivity index (χ4v) is 1.87. The molecular weight excluding hydrogens is 246 g/mol. The molecule has 0 unspecified atom stereocenters. The van der Waals surface area contributed by atoms with E-state index < -0.39 is 10.0 Å². The van der Waals surface area contributed by atoms with Gasteiger partial charge in [0.1, 0.15) is 0 Å². The molecule has 0 aliphatic heterocycles. The van der Waals surface area contributed by atoms with Gasteiger partial charge in [0.05, 0.1) is 16.9 Å². The number of sulfonamides is 1. The van der Waals surface area contributed by atoms with E-state index in [1.165, 1.54) is 10.9 Å². The average Bonchev–Trinajstić information content (AvgIpc) is 2.16. The molecular formula is C5H8BrN3O2S. The smallest absolute Gasteiger partial charge is 0.230 e. The van der Waals surface area contributed by atoms with Gasteiger partial charge >= 0.3 is 0 Å². The molecule has 5 nitrogen and oxygen atoms in total. The van der Waals surface area contributed by atoms with Gasteiger partial charge in [0.25, 0.3) is 0 Å². The summed E-state index contributed by atoms with van der Waals surface area (Å²) in [6.45, 7) is 0. The van der Waals surface area contributed by atoms with Gasteiger partial charge in [0, 0.05) is 7.05 Å². The van der Waals surface area contributed by atoms with E-state index in [-0.39, 0.29) is 0 Å². The van der Waals surface area contributed by atoms with Gasteiger partial charge in [-0.2, -0.15) is 5.10 Å². The van der Waals surface area contributed by atoms with E-state index in [9.17, 15) is 8.42 Å². The summed E-state index contributed by atoms with van der Waals surface area (Å²) < 4.78 is 26.0. The number of hydrogen-bond acceptors (Lipinski definition) is 3. The van der Waals surface area contributed by atoms with Gasteiger partial charge in [-0.3, -0.25) is 9.40 Å². The minimum atomic E-state index is -3.23. The standard InChI is InChI=1S/C5H8BrN3O2S/c1-9-5(4(6)3-7-9)8-12(2,10)11/h3,8H,1-2H3. The van der Waals surface area contributed by atoms with Gasteiger partial charge in [0.2, 0.25) is 10.0 Å². The molecule has 1 heterocycles. The van der Waals surface area contributed by atoms with Crippen molar-refractivity contribution in [1.82, 2.24) is 9.78 Å². The molecule has 0 aromatic carbocycles. The van der Waals surface area contributed by atoms with Gasteiger partial charge in [-0.25, -0.2) is 8.42 Å². The Bertz CT molecular complexity index is 364. The summed E-state index contributed by atoms with van der Waals surface area (Å²) in [5.41, 5.74) is 0. The third kappa shape index (κ3) is 2.21. The lowest BCUT2D eigenvalue weighted by atomic mass is 10.7. The topological polar surface area (TPSA) is 64.0 Å². The molecule has 0 fully saturated rings. The van der Waals surface area contributed by atoms with E-state index in [4.69, 9.17) is 0 Å². The molecule has 0 atom stereocenters. The minimum Gasteiger partial charge on any atom is -0.267 e. The molecule has 0 saturated carbocycles. The summed E-state index contributed by atoms with van der Waals surface area (Å²) in [6.07, 6.45) is 2.61. The summed E-state index contributed by atoms with van der Waals surface area (Å²) >= 11 is 3.16. The highest BCUT2D eigenvalue weighted by Crippen LogP contribution is 2.20. The van der Waals surface area contributed by atoms with E-state index >= 15 is 0 Å². The van der Waals surface area contributed by atoms with Gasteiger partial charge in [-0.1, -0.05) is 0 Å². The number of nitrogens with one attached hydrogen (secondary N) is 1. The molecule has 7 heteroatoms. The van der Waals surface area contributed by atoms with Crippen molar-refractivity contribution in [1.29, 1.82) is 0 Å². The largest absolute Gasteiger partial charge is 0.267 e. The molecule has 0 spiro atoms. The molecule has 68 valence electrons. The molecule has 1 rings (SSSR count). The van der Waals surface area contributed by atoms with Gasteiger partial charge in [-0.05, 0) is 15.9 Å². The third-order valence-corrected chi connectivity index (χ3v) is 2.32. The number of nitrogens with zero attached hydrogens (tertiary/aromatic N) is 2. The number of anilines is 1. The van der Waals surface area contributed by atoms with E-state index in [0.29, 0.717) is 10.3 Å². The number of aryl methyl sites for hydroxylation is 1. The molecule has 1 aromatic heterocycles. The molecule has 0 amide bonds. The second-order valence-electron chi connectivity index (χ2n) is 2.34. The lowest BCUT2D eigenvalue weighted by molar-refractivity contribution is 0.606. The maximum Gasteiger partial charge on any atom is 0.230 e. The van der Waals surface area contributed by atoms with Crippen LogP contribution in [0.3, 0.4) is 0 Å². The summed E-state index contributed by atoms with van der Waals surface area (Å²) in [6, 6.07) is 0. The Morgan fingerprint density at radius 2 is 2.25 bits per heavy atom. The lowest BCUT2D eigenvalue weighted by Gasteiger charge is -2.03. The van der Waals surface area contributed by atoms with Gasteiger partial charge in [0.15, 0.2) is 5.82 Å². The first-order valence-corrected chi connectivity index (χ1v) is 5.74. The quantitative estimate of drug-likeness (QED) is 0.838. The fourth-order valence-electron chi connectivity index (χ4n) is 0.701. The zero-order valence-corrected chi connectivity index (χ0v) is 8.98. The van der Waals surface area contributed by atoms with Gasteiger partial charge in [-0.15, -0.1) is 0 Å². The average molecular weight is 254 g/mol. The lowest BCUT2D eigenvalue weighted by Crippen LogP contribution is -2.13. The van der Waals surface area contributed by atoms with Crippen LogP contribution in [0.4, 0.5) is 5.82 Å². The first-order chi connectivity index (χ1) is 5.40. The Hall–Kier alpha value is -0.560. The molecule has 0 aliphatic rings. The summed E-state index contributed by atoms with van der Waals surface area (Å²) in [5.74, 6) is 0.428. The van der Waals surface area contributed by atoms with Crippen LogP contribution in [0.1, 0.15) is 0 Å². The van der Waals surface area contributed by atoms with E-state index in [2.05, 4.69) is 25.8 Å². The van der Waals surface area contributed by atoms with Crippen LogP contribution in [-0.2, 0) is 17.1 Å². The Kier molecular flexibility index (Phi) is 2.43. The Labute approximate surface area is 78.9 Å². The van der Waals surface area contributed by atoms with Crippen LogP contribution in [-0.4, -0.2) is 24.5 Å². The number of aromatic nitrogens is 2. The van der Waals surface area contributed by atoms with Crippen LogP contribution >= 0.6 is 15.9 Å². The van der Waals surface area contributed by atoms with Crippen molar-refractivity contribution in [3.05, 3.63) is 10.7 Å². The molecule has 12 heavy (non-hydrogen) atoms. The summed E-state index contributed by atoms with van der Waals surface area (Å²) in [7, 11) is -1.58. The monoisotopic (exact) mass is 253 g/mol. The zero-order chi connectivity index (χ0) is 9.35. The van der Waals surface area contributed by atoms with E-state index in [0.717, 1.165) is 6.26 Å². The molecule has 0 radical (unpaired) electrons. The normalized spacial score (nSPS) is 11.6. The number of hydrogen-bond donors (Lipinski definition) is 1. The summed E-state index contributed by atoms with van der Waals surface area (Å²) in [5, 5.41) is 3.84. The van der Waals surface area contributed by atoms with E-state index in [1.807, 2.05) is 0 Å². The van der Waals surface area contributed by atoms with Crippen LogP contribution in [0.5, 0.6) is 0 Å². The first-order valence-electron chi connectivity index (χ1n) is 3.05. The number of rotatable bonds is 2. The van der Waals surface area contributed by atoms with Crippen molar-refractivity contribution < 1.29 is 8.42 Å². The maximum atomic E-state index is 10.8. The zero-order valence-electron chi connectivity index (χ0n) is 6.57. The molecule has 0 bridgehead atoms. The molecule has 1 N–H and O–H groups in total. The van der Waals surface area contributed by atoms with Crippen LogP contribution in [0.15, 0.2) is 10.7 Å². The molecule has 0 aliphatic carbocycles. The highest BCUT2D eigenvalue weighted by molar-refractivity contribution is 9.10. The Morgan fingerprint density at radius 3 is 2.58 bits per heavy atom. The Balaban J connectivity index is 3.04. The first kappa shape index (κ1) is 9.53. The van der Waals surface area contributed by atoms with Crippen molar-refractivity contribution >= 4 is 31.8 Å². The van der Waals surface area contributed by atoms with Crippen LogP contribution in [0.2, 0.25) is 0 Å². The van der Waals surface area contributed by atoms with Crippen LogP contribution in [0.25, 0.3) is 0 Å². The molecule has 1 aromatic rings. The van der Waals surface area contributed by atoms with Crippen LogP contribution in [0, 0.1) is 0 Å².